The zero-order valence-corrected chi connectivity index (χ0v) is 19.4. The topological polar surface area (TPSA) is 51.2 Å². The van der Waals surface area contributed by atoms with Crippen LogP contribution in [0, 0.1) is 0 Å². The minimum Gasteiger partial charge on any atom is -0.444 e. The van der Waals surface area contributed by atoms with Crippen LogP contribution in [0.4, 0.5) is 4.79 Å². The van der Waals surface area contributed by atoms with E-state index >= 15 is 0 Å². The zero-order chi connectivity index (χ0) is 21.7. The van der Waals surface area contributed by atoms with Gasteiger partial charge in [0.25, 0.3) is 0 Å². The maximum atomic E-state index is 12.4. The van der Waals surface area contributed by atoms with Crippen molar-refractivity contribution in [3.63, 3.8) is 0 Å². The molecule has 0 radical (unpaired) electrons. The van der Waals surface area contributed by atoms with Crippen molar-refractivity contribution >= 4 is 17.7 Å². The summed E-state index contributed by atoms with van der Waals surface area (Å²) < 4.78 is 17.0. The molecule has 1 aromatic rings. The minimum absolute atomic E-state index is 0.0837. The largest absolute Gasteiger partial charge is 0.444 e. The summed E-state index contributed by atoms with van der Waals surface area (Å²) in [6, 6.07) is 8.79. The standard InChI is InChI=1S/C23H35ClN2O4/c1-23(2,3)30-22(27)25-11-9-19(10-12-25)26-14-21(16-28-4)29-15-20(26)13-17-5-7-18(24)8-6-17/h5-8,19-21H,9-16H2,1-4H3/t20-,21+/m0/s1. The van der Waals surface area contributed by atoms with Crippen molar-refractivity contribution in [2.75, 3.05) is 40.0 Å². The average molecular weight is 439 g/mol. The highest BCUT2D eigenvalue weighted by molar-refractivity contribution is 6.30. The highest BCUT2D eigenvalue weighted by atomic mass is 35.5. The highest BCUT2D eigenvalue weighted by Crippen LogP contribution is 2.26. The molecular weight excluding hydrogens is 404 g/mol. The molecule has 0 spiro atoms. The van der Waals surface area contributed by atoms with Gasteiger partial charge in [0.05, 0.1) is 19.3 Å². The van der Waals surface area contributed by atoms with E-state index in [9.17, 15) is 4.79 Å². The summed E-state index contributed by atoms with van der Waals surface area (Å²) in [4.78, 5) is 16.8. The van der Waals surface area contributed by atoms with E-state index in [1.807, 2.05) is 37.8 Å². The van der Waals surface area contributed by atoms with E-state index in [0.717, 1.165) is 43.9 Å². The van der Waals surface area contributed by atoms with Crippen LogP contribution >= 0.6 is 11.6 Å². The van der Waals surface area contributed by atoms with Gasteiger partial charge in [0.15, 0.2) is 0 Å². The smallest absolute Gasteiger partial charge is 0.410 e. The second-order valence-corrected chi connectivity index (χ2v) is 9.73. The Kier molecular flexibility index (Phi) is 8.02. The molecule has 0 aliphatic carbocycles. The Bertz CT molecular complexity index is 683. The molecule has 0 aromatic heterocycles. The molecule has 2 aliphatic rings. The number of methoxy groups -OCH3 is 1. The van der Waals surface area contributed by atoms with E-state index < -0.39 is 5.60 Å². The number of carbonyl (C=O) groups excluding carboxylic acids is 1. The van der Waals surface area contributed by atoms with Gasteiger partial charge in [-0.1, -0.05) is 23.7 Å². The molecule has 2 saturated heterocycles. The third kappa shape index (κ3) is 6.58. The molecule has 0 N–H and O–H groups in total. The molecular formula is C23H35ClN2O4. The fourth-order valence-electron chi connectivity index (χ4n) is 4.29. The number of hydrogen-bond donors (Lipinski definition) is 0. The third-order valence-electron chi connectivity index (χ3n) is 5.73. The van der Waals surface area contributed by atoms with Crippen LogP contribution in [0.2, 0.25) is 5.02 Å². The SMILES string of the molecule is COC[C@H]1CN(C2CCN(C(=O)OC(C)(C)C)CC2)[C@@H](Cc2ccc(Cl)cc2)CO1. The fourth-order valence-corrected chi connectivity index (χ4v) is 4.42. The van der Waals surface area contributed by atoms with Gasteiger partial charge in [-0.05, 0) is 57.7 Å². The van der Waals surface area contributed by atoms with Gasteiger partial charge >= 0.3 is 6.09 Å². The lowest BCUT2D eigenvalue weighted by Gasteiger charge is -2.46. The highest BCUT2D eigenvalue weighted by Gasteiger charge is 2.36. The van der Waals surface area contributed by atoms with Gasteiger partial charge in [-0.3, -0.25) is 4.90 Å². The molecule has 6 nitrogen and oxygen atoms in total. The number of rotatable bonds is 5. The van der Waals surface area contributed by atoms with Gasteiger partial charge in [-0.2, -0.15) is 0 Å². The molecule has 168 valence electrons. The van der Waals surface area contributed by atoms with E-state index in [0.29, 0.717) is 25.3 Å². The first-order valence-corrected chi connectivity index (χ1v) is 11.2. The van der Waals surface area contributed by atoms with Crippen LogP contribution in [0.3, 0.4) is 0 Å². The Morgan fingerprint density at radius 3 is 2.47 bits per heavy atom. The summed E-state index contributed by atoms with van der Waals surface area (Å²) in [6.45, 7) is 9.29. The number of carbonyl (C=O) groups is 1. The Balaban J connectivity index is 1.63. The maximum Gasteiger partial charge on any atom is 0.410 e. The molecule has 2 heterocycles. The summed E-state index contributed by atoms with van der Waals surface area (Å²) in [5, 5.41) is 0.755. The molecule has 7 heteroatoms. The molecule has 3 rings (SSSR count). The van der Waals surface area contributed by atoms with Gasteiger partial charge in [0.1, 0.15) is 5.60 Å². The van der Waals surface area contributed by atoms with Crippen molar-refractivity contribution in [3.8, 4) is 0 Å². The van der Waals surface area contributed by atoms with Gasteiger partial charge in [0, 0.05) is 43.9 Å². The van der Waals surface area contributed by atoms with Crippen molar-refractivity contribution < 1.29 is 19.0 Å². The monoisotopic (exact) mass is 438 g/mol. The number of halogens is 1. The fraction of sp³-hybridized carbons (Fsp3) is 0.696. The third-order valence-corrected chi connectivity index (χ3v) is 5.98. The van der Waals surface area contributed by atoms with E-state index in [1.54, 1.807) is 7.11 Å². The molecule has 2 fully saturated rings. The summed E-state index contributed by atoms with van der Waals surface area (Å²) in [5.74, 6) is 0. The minimum atomic E-state index is -0.463. The Morgan fingerprint density at radius 2 is 1.87 bits per heavy atom. The van der Waals surface area contributed by atoms with E-state index in [4.69, 9.17) is 25.8 Å². The Hall–Kier alpha value is -1.34. The number of likely N-dealkylation sites (tertiary alicyclic amines) is 1. The second kappa shape index (κ2) is 10.3. The second-order valence-electron chi connectivity index (χ2n) is 9.29. The van der Waals surface area contributed by atoms with Crippen molar-refractivity contribution in [1.82, 2.24) is 9.80 Å². The number of nitrogens with zero attached hydrogens (tertiary/aromatic N) is 2. The van der Waals surface area contributed by atoms with Gasteiger partial charge in [-0.15, -0.1) is 0 Å². The number of morpholine rings is 1. The van der Waals surface area contributed by atoms with Crippen molar-refractivity contribution in [3.05, 3.63) is 34.9 Å². The average Bonchev–Trinajstić information content (AvgIpc) is 2.70. The van der Waals surface area contributed by atoms with Gasteiger partial charge < -0.3 is 19.1 Å². The van der Waals surface area contributed by atoms with Crippen LogP contribution in [0.25, 0.3) is 0 Å². The summed E-state index contributed by atoms with van der Waals surface area (Å²) in [7, 11) is 1.72. The molecule has 30 heavy (non-hydrogen) atoms. The van der Waals surface area contributed by atoms with Crippen LogP contribution in [-0.2, 0) is 20.6 Å². The lowest BCUT2D eigenvalue weighted by molar-refractivity contribution is -0.106. The maximum absolute atomic E-state index is 12.4. The number of benzene rings is 1. The van der Waals surface area contributed by atoms with Crippen molar-refractivity contribution in [2.24, 2.45) is 0 Å². The normalized spacial score (nSPS) is 24.1. The molecule has 2 aliphatic heterocycles. The summed E-state index contributed by atoms with van der Waals surface area (Å²) in [6.07, 6.45) is 2.67. The number of ether oxygens (including phenoxy) is 3. The predicted molar refractivity (Wildman–Crippen MR) is 118 cm³/mol. The number of amides is 1. The first kappa shape index (κ1) is 23.3. The lowest BCUT2D eigenvalue weighted by Crippen LogP contribution is -2.58. The first-order chi connectivity index (χ1) is 14.2. The molecule has 1 amide bonds. The molecule has 0 bridgehead atoms. The first-order valence-electron chi connectivity index (χ1n) is 10.8. The molecule has 2 atom stereocenters. The predicted octanol–water partition coefficient (Wildman–Crippen LogP) is 4.00. The van der Waals surface area contributed by atoms with Crippen LogP contribution in [-0.4, -0.2) is 79.6 Å². The van der Waals surface area contributed by atoms with Crippen LogP contribution in [0.15, 0.2) is 24.3 Å². The van der Waals surface area contributed by atoms with E-state index in [1.165, 1.54) is 5.56 Å². The summed E-state index contributed by atoms with van der Waals surface area (Å²) >= 11 is 6.05. The van der Waals surface area contributed by atoms with Crippen LogP contribution < -0.4 is 0 Å². The number of piperidine rings is 1. The quantitative estimate of drug-likeness (QED) is 0.695. The molecule has 1 aromatic carbocycles. The summed E-state index contributed by atoms with van der Waals surface area (Å²) in [5.41, 5.74) is 0.796. The van der Waals surface area contributed by atoms with E-state index in [2.05, 4.69) is 17.0 Å². The number of hydrogen-bond acceptors (Lipinski definition) is 5. The van der Waals surface area contributed by atoms with Crippen LogP contribution in [0.1, 0.15) is 39.2 Å². The molecule has 0 unspecified atom stereocenters. The Labute approximate surface area is 185 Å². The zero-order valence-electron chi connectivity index (χ0n) is 18.6. The van der Waals surface area contributed by atoms with Crippen LogP contribution in [0.5, 0.6) is 0 Å². The lowest BCUT2D eigenvalue weighted by atomic mass is 9.96. The van der Waals surface area contributed by atoms with Gasteiger partial charge in [0.2, 0.25) is 0 Å². The van der Waals surface area contributed by atoms with Gasteiger partial charge in [-0.25, -0.2) is 4.79 Å². The van der Waals surface area contributed by atoms with Crippen molar-refractivity contribution in [1.29, 1.82) is 0 Å². The van der Waals surface area contributed by atoms with Crippen molar-refractivity contribution in [2.45, 2.75) is 63.8 Å². The molecule has 0 saturated carbocycles. The Morgan fingerprint density at radius 1 is 1.20 bits per heavy atom. The van der Waals surface area contributed by atoms with E-state index in [-0.39, 0.29) is 12.2 Å².